The third-order valence-corrected chi connectivity index (χ3v) is 3.77. The van der Waals surface area contributed by atoms with E-state index in [0.717, 1.165) is 25.3 Å². The van der Waals surface area contributed by atoms with E-state index in [1.165, 1.54) is 18.1 Å². The van der Waals surface area contributed by atoms with E-state index in [2.05, 4.69) is 34.5 Å². The Bertz CT molecular complexity index is 666. The van der Waals surface area contributed by atoms with Crippen molar-refractivity contribution >= 4 is 17.7 Å². The number of rotatable bonds is 9. The van der Waals surface area contributed by atoms with Gasteiger partial charge < -0.3 is 10.1 Å². The first-order valence-electron chi connectivity index (χ1n) is 8.47. The number of anilines is 1. The number of nitrogens with one attached hydrogen (secondary N) is 1. The van der Waals surface area contributed by atoms with E-state index in [0.29, 0.717) is 6.61 Å². The van der Waals surface area contributed by atoms with Gasteiger partial charge in [-0.15, -0.1) is 0 Å². The maximum atomic E-state index is 11.1. The average molecular weight is 338 g/mol. The average Bonchev–Trinajstić information content (AvgIpc) is 2.61. The number of carbonyl (C=O) groups excluding carboxylic acids is 1. The summed E-state index contributed by atoms with van der Waals surface area (Å²) in [5, 5.41) is 2.79. The zero-order valence-electron chi connectivity index (χ0n) is 14.9. The van der Waals surface area contributed by atoms with Crippen molar-refractivity contribution in [3.63, 3.8) is 0 Å². The summed E-state index contributed by atoms with van der Waals surface area (Å²) in [6.07, 6.45) is 4.32. The molecule has 0 saturated carbocycles. The molecule has 1 N–H and O–H groups in total. The predicted octanol–water partition coefficient (Wildman–Crippen LogP) is 3.81. The van der Waals surface area contributed by atoms with Gasteiger partial charge in [0, 0.05) is 39.4 Å². The number of hydrogen-bond acceptors (Lipinski definition) is 3. The highest BCUT2D eigenvalue weighted by Crippen LogP contribution is 2.12. The maximum Gasteiger partial charge on any atom is 0.221 e. The lowest BCUT2D eigenvalue weighted by Gasteiger charge is -2.20. The Labute approximate surface area is 150 Å². The number of amides is 1. The van der Waals surface area contributed by atoms with Gasteiger partial charge in [0.1, 0.15) is 0 Å². The van der Waals surface area contributed by atoms with Crippen LogP contribution in [-0.4, -0.2) is 37.6 Å². The van der Waals surface area contributed by atoms with Crippen molar-refractivity contribution in [2.24, 2.45) is 0 Å². The molecule has 4 nitrogen and oxygen atoms in total. The van der Waals surface area contributed by atoms with E-state index >= 15 is 0 Å². The Kier molecular flexibility index (Phi) is 7.89. The summed E-state index contributed by atoms with van der Waals surface area (Å²) in [7, 11) is 1.72. The van der Waals surface area contributed by atoms with Gasteiger partial charge in [-0.1, -0.05) is 54.6 Å². The molecule has 0 aliphatic heterocycles. The number of benzene rings is 2. The van der Waals surface area contributed by atoms with Crippen LogP contribution in [0.3, 0.4) is 0 Å². The lowest BCUT2D eigenvalue weighted by Crippen LogP contribution is -2.27. The molecular formula is C21H26N2O2. The third kappa shape index (κ3) is 7.33. The van der Waals surface area contributed by atoms with Crippen LogP contribution in [0.5, 0.6) is 0 Å². The highest BCUT2D eigenvalue weighted by molar-refractivity contribution is 5.88. The fourth-order valence-electron chi connectivity index (χ4n) is 2.51. The number of methoxy groups -OCH3 is 1. The van der Waals surface area contributed by atoms with Gasteiger partial charge in [0.2, 0.25) is 5.91 Å². The van der Waals surface area contributed by atoms with Crippen molar-refractivity contribution in [3.8, 4) is 0 Å². The van der Waals surface area contributed by atoms with Crippen molar-refractivity contribution in [1.29, 1.82) is 0 Å². The minimum atomic E-state index is -0.0551. The van der Waals surface area contributed by atoms with Gasteiger partial charge in [-0.2, -0.15) is 0 Å². The first-order valence-corrected chi connectivity index (χ1v) is 8.47. The third-order valence-electron chi connectivity index (χ3n) is 3.77. The lowest BCUT2D eigenvalue weighted by molar-refractivity contribution is -0.114. The Hall–Kier alpha value is -2.43. The molecule has 1 amide bonds. The standard InChI is InChI=1S/C21H26N2O2/c1-18(24)22-21-12-10-20(11-13-21)17-23(15-16-25-2)14-6-9-19-7-4-3-5-8-19/h3-13H,14-17H2,1-2H3,(H,22,24)/b9-6+. The summed E-state index contributed by atoms with van der Waals surface area (Å²) < 4.78 is 5.22. The van der Waals surface area contributed by atoms with Crippen LogP contribution < -0.4 is 5.32 Å². The molecule has 0 bridgehead atoms. The van der Waals surface area contributed by atoms with Crippen LogP contribution in [0.1, 0.15) is 18.1 Å². The van der Waals surface area contributed by atoms with E-state index < -0.39 is 0 Å². The van der Waals surface area contributed by atoms with Crippen LogP contribution in [-0.2, 0) is 16.1 Å². The smallest absolute Gasteiger partial charge is 0.221 e. The lowest BCUT2D eigenvalue weighted by atomic mass is 10.2. The van der Waals surface area contributed by atoms with Crippen LogP contribution in [0.15, 0.2) is 60.7 Å². The van der Waals surface area contributed by atoms with Crippen molar-refractivity contribution in [1.82, 2.24) is 4.90 Å². The fraction of sp³-hybridized carbons (Fsp3) is 0.286. The molecule has 0 fully saturated rings. The molecule has 0 aliphatic carbocycles. The molecule has 25 heavy (non-hydrogen) atoms. The maximum absolute atomic E-state index is 11.1. The van der Waals surface area contributed by atoms with Crippen molar-refractivity contribution in [3.05, 3.63) is 71.8 Å². The van der Waals surface area contributed by atoms with Crippen LogP contribution in [0, 0.1) is 0 Å². The van der Waals surface area contributed by atoms with Crippen molar-refractivity contribution < 1.29 is 9.53 Å². The minimum Gasteiger partial charge on any atom is -0.383 e. The quantitative estimate of drug-likeness (QED) is 0.756. The molecule has 0 aromatic heterocycles. The molecule has 0 aliphatic rings. The fourth-order valence-corrected chi connectivity index (χ4v) is 2.51. The molecule has 0 saturated heterocycles. The summed E-state index contributed by atoms with van der Waals surface area (Å²) in [5.41, 5.74) is 3.23. The molecule has 2 aromatic rings. The predicted molar refractivity (Wildman–Crippen MR) is 103 cm³/mol. The van der Waals surface area contributed by atoms with Gasteiger partial charge in [-0.25, -0.2) is 0 Å². The Balaban J connectivity index is 1.94. The highest BCUT2D eigenvalue weighted by atomic mass is 16.5. The molecular weight excluding hydrogens is 312 g/mol. The monoisotopic (exact) mass is 338 g/mol. The highest BCUT2D eigenvalue weighted by Gasteiger charge is 2.05. The zero-order valence-corrected chi connectivity index (χ0v) is 14.9. The first kappa shape index (κ1) is 18.9. The molecule has 132 valence electrons. The second-order valence-electron chi connectivity index (χ2n) is 5.92. The topological polar surface area (TPSA) is 41.6 Å². The van der Waals surface area contributed by atoms with Crippen LogP contribution in [0.25, 0.3) is 6.08 Å². The second kappa shape index (κ2) is 10.4. The van der Waals surface area contributed by atoms with Gasteiger partial charge in [0.25, 0.3) is 0 Å². The summed E-state index contributed by atoms with van der Waals surface area (Å²) in [4.78, 5) is 13.4. The van der Waals surface area contributed by atoms with Gasteiger partial charge in [0.05, 0.1) is 6.61 Å². The summed E-state index contributed by atoms with van der Waals surface area (Å²) in [6.45, 7) is 4.76. The van der Waals surface area contributed by atoms with Crippen LogP contribution in [0.2, 0.25) is 0 Å². The Morgan fingerprint density at radius 2 is 1.84 bits per heavy atom. The minimum absolute atomic E-state index is 0.0551. The Morgan fingerprint density at radius 3 is 2.48 bits per heavy atom. The SMILES string of the molecule is COCCN(C/C=C/c1ccccc1)Cc1ccc(NC(C)=O)cc1. The molecule has 0 heterocycles. The number of hydrogen-bond donors (Lipinski definition) is 1. The van der Waals surface area contributed by atoms with E-state index in [1.807, 2.05) is 42.5 Å². The molecule has 2 aromatic carbocycles. The van der Waals surface area contributed by atoms with Crippen LogP contribution in [0.4, 0.5) is 5.69 Å². The van der Waals surface area contributed by atoms with Gasteiger partial charge in [0.15, 0.2) is 0 Å². The zero-order chi connectivity index (χ0) is 17.9. The Morgan fingerprint density at radius 1 is 1.12 bits per heavy atom. The molecule has 4 heteroatoms. The first-order chi connectivity index (χ1) is 12.2. The summed E-state index contributed by atoms with van der Waals surface area (Å²) >= 11 is 0. The summed E-state index contributed by atoms with van der Waals surface area (Å²) in [5.74, 6) is -0.0551. The number of carbonyl (C=O) groups is 1. The number of nitrogens with zero attached hydrogens (tertiary/aromatic N) is 1. The van der Waals surface area contributed by atoms with Gasteiger partial charge >= 0.3 is 0 Å². The van der Waals surface area contributed by atoms with Gasteiger partial charge in [-0.3, -0.25) is 9.69 Å². The largest absolute Gasteiger partial charge is 0.383 e. The molecule has 0 atom stereocenters. The van der Waals surface area contributed by atoms with E-state index in [1.54, 1.807) is 7.11 Å². The summed E-state index contributed by atoms with van der Waals surface area (Å²) in [6, 6.07) is 18.3. The number of ether oxygens (including phenoxy) is 1. The van der Waals surface area contributed by atoms with E-state index in [9.17, 15) is 4.79 Å². The van der Waals surface area contributed by atoms with Crippen LogP contribution >= 0.6 is 0 Å². The van der Waals surface area contributed by atoms with Gasteiger partial charge in [-0.05, 0) is 23.3 Å². The second-order valence-corrected chi connectivity index (χ2v) is 5.92. The van der Waals surface area contributed by atoms with E-state index in [-0.39, 0.29) is 5.91 Å². The normalized spacial score (nSPS) is 11.2. The van der Waals surface area contributed by atoms with E-state index in [4.69, 9.17) is 4.74 Å². The van der Waals surface area contributed by atoms with Crippen molar-refractivity contribution in [2.45, 2.75) is 13.5 Å². The molecule has 0 radical (unpaired) electrons. The van der Waals surface area contributed by atoms with Crippen molar-refractivity contribution in [2.75, 3.05) is 32.1 Å². The molecule has 0 unspecified atom stereocenters. The molecule has 2 rings (SSSR count). The molecule has 0 spiro atoms.